The number of carboxylic acid groups (broad SMARTS) is 1. The van der Waals surface area contributed by atoms with Gasteiger partial charge < -0.3 is 25.2 Å². The van der Waals surface area contributed by atoms with Gasteiger partial charge in [0.1, 0.15) is 12.6 Å². The molecule has 0 aromatic rings. The Morgan fingerprint density at radius 3 is 1.57 bits per heavy atom. The molecule has 0 fully saturated rings. The fourth-order valence-electron chi connectivity index (χ4n) is 5.31. The first-order chi connectivity index (χ1) is 26.1. The Kier molecular flexibility index (Phi) is 35.6. The summed E-state index contributed by atoms with van der Waals surface area (Å²) >= 11 is 0. The number of hydrogen-bond donors (Lipinski definition) is 3. The van der Waals surface area contributed by atoms with Crippen molar-refractivity contribution in [2.75, 3.05) is 19.8 Å². The van der Waals surface area contributed by atoms with Crippen LogP contribution < -0.4 is 5.73 Å². The van der Waals surface area contributed by atoms with Crippen LogP contribution in [0.4, 0.5) is 0 Å². The number of phosphoric ester groups is 1. The lowest BCUT2D eigenvalue weighted by Crippen LogP contribution is -2.34. The van der Waals surface area contributed by atoms with E-state index in [0.717, 1.165) is 89.9 Å². The highest BCUT2D eigenvalue weighted by molar-refractivity contribution is 7.47. The maximum atomic E-state index is 12.6. The molecule has 0 saturated heterocycles. The van der Waals surface area contributed by atoms with Crippen molar-refractivity contribution >= 4 is 25.7 Å². The summed E-state index contributed by atoms with van der Waals surface area (Å²) in [5.74, 6) is -2.41. The number of phosphoric acid groups is 1. The van der Waals surface area contributed by atoms with Gasteiger partial charge >= 0.3 is 25.7 Å². The molecule has 0 bridgehead atoms. The van der Waals surface area contributed by atoms with Crippen LogP contribution in [0.25, 0.3) is 0 Å². The normalized spacial score (nSPS) is 14.3. The highest BCUT2D eigenvalue weighted by atomic mass is 31.2. The van der Waals surface area contributed by atoms with Crippen LogP contribution in [0.1, 0.15) is 168 Å². The monoisotopic (exact) mass is 784 g/mol. The quantitative estimate of drug-likeness (QED) is 0.0235. The number of allylic oxidation sites excluding steroid dienone is 8. The molecule has 3 atom stereocenters. The predicted octanol–water partition coefficient (Wildman–Crippen LogP) is 10.6. The number of ether oxygens (including phenoxy) is 2. The lowest BCUT2D eigenvalue weighted by Gasteiger charge is -2.20. The van der Waals surface area contributed by atoms with Gasteiger partial charge in [0.05, 0.1) is 13.2 Å². The van der Waals surface area contributed by atoms with E-state index in [0.29, 0.717) is 12.8 Å². The minimum atomic E-state index is -4.72. The third-order valence-corrected chi connectivity index (χ3v) is 9.51. The van der Waals surface area contributed by atoms with Gasteiger partial charge in [-0.05, 0) is 70.6 Å². The van der Waals surface area contributed by atoms with Gasteiger partial charge in [-0.2, -0.15) is 0 Å². The van der Waals surface area contributed by atoms with Gasteiger partial charge in [-0.15, -0.1) is 0 Å². The van der Waals surface area contributed by atoms with Crippen molar-refractivity contribution < 1.29 is 47.5 Å². The Bertz CT molecular complexity index is 1110. The number of rotatable bonds is 38. The predicted molar refractivity (Wildman–Crippen MR) is 217 cm³/mol. The van der Waals surface area contributed by atoms with E-state index in [-0.39, 0.29) is 19.4 Å². The third-order valence-electron chi connectivity index (χ3n) is 8.56. The van der Waals surface area contributed by atoms with E-state index >= 15 is 0 Å². The average Bonchev–Trinajstić information content (AvgIpc) is 3.14. The summed E-state index contributed by atoms with van der Waals surface area (Å²) in [5, 5.41) is 8.87. The summed E-state index contributed by atoms with van der Waals surface area (Å²) < 4.78 is 32.6. The summed E-state index contributed by atoms with van der Waals surface area (Å²) in [7, 11) is -4.72. The van der Waals surface area contributed by atoms with Crippen LogP contribution in [-0.2, 0) is 37.5 Å². The van der Waals surface area contributed by atoms with Crippen molar-refractivity contribution in [3.8, 4) is 0 Å². The molecule has 0 spiro atoms. The van der Waals surface area contributed by atoms with E-state index in [4.69, 9.17) is 24.8 Å². The van der Waals surface area contributed by atoms with Crippen LogP contribution in [0.15, 0.2) is 48.6 Å². The Labute approximate surface area is 326 Å². The minimum absolute atomic E-state index is 0.139. The van der Waals surface area contributed by atoms with E-state index < -0.39 is 51.1 Å². The molecule has 0 heterocycles. The number of aliphatic carboxylic acids is 1. The number of carbonyl (C=O) groups is 3. The zero-order valence-electron chi connectivity index (χ0n) is 33.6. The maximum Gasteiger partial charge on any atom is 0.472 e. The first-order valence-corrected chi connectivity index (χ1v) is 22.2. The van der Waals surface area contributed by atoms with Crippen LogP contribution in [0.5, 0.6) is 0 Å². The summed E-state index contributed by atoms with van der Waals surface area (Å²) in [6.45, 7) is 2.65. The SMILES string of the molecule is CCC=CCC=CCC=CCCCCCCCC(=O)OC(COC(=O)CCCCCCCC=CCCCCCCCC)COP(=O)(O)OCC(N)C(=O)O. The van der Waals surface area contributed by atoms with Crippen molar-refractivity contribution in [1.29, 1.82) is 0 Å². The van der Waals surface area contributed by atoms with E-state index in [2.05, 4.69) is 67.0 Å². The smallest absolute Gasteiger partial charge is 0.472 e. The Morgan fingerprint density at radius 2 is 1.04 bits per heavy atom. The second-order valence-corrected chi connectivity index (χ2v) is 15.2. The molecule has 0 rings (SSSR count). The second-order valence-electron chi connectivity index (χ2n) is 13.7. The molecule has 0 amide bonds. The van der Waals surface area contributed by atoms with Crippen LogP contribution in [0, 0.1) is 0 Å². The molecule has 0 aliphatic rings. The van der Waals surface area contributed by atoms with Crippen molar-refractivity contribution in [2.24, 2.45) is 5.73 Å². The summed E-state index contributed by atoms with van der Waals surface area (Å²) in [4.78, 5) is 45.9. The lowest BCUT2D eigenvalue weighted by molar-refractivity contribution is -0.161. The highest BCUT2D eigenvalue weighted by Gasteiger charge is 2.28. The fourth-order valence-corrected chi connectivity index (χ4v) is 6.09. The van der Waals surface area contributed by atoms with Gasteiger partial charge in [-0.1, -0.05) is 133 Å². The van der Waals surface area contributed by atoms with Crippen LogP contribution in [0.3, 0.4) is 0 Å². The van der Waals surface area contributed by atoms with E-state index in [1.165, 1.54) is 38.5 Å². The van der Waals surface area contributed by atoms with E-state index in [9.17, 15) is 23.8 Å². The number of carbonyl (C=O) groups excluding carboxylic acids is 2. The molecule has 0 radical (unpaired) electrons. The number of carboxylic acids is 1. The standard InChI is InChI=1S/C42H74NO10P/c1-3-5-7-9-11-13-15-17-19-21-23-25-27-29-31-33-40(44)50-35-38(36-51-54(48,49)52-37-39(43)42(46)47)53-41(45)34-32-30-28-26-24-22-20-18-16-14-12-10-8-6-4-2/h6,8,12,14,17-20,38-39H,3-5,7,9-11,13,15-16,21-37,43H2,1-2H3,(H,46,47)(H,48,49). The van der Waals surface area contributed by atoms with Gasteiger partial charge in [-0.25, -0.2) is 4.57 Å². The van der Waals surface area contributed by atoms with Crippen molar-refractivity contribution in [2.45, 2.75) is 180 Å². The number of nitrogens with two attached hydrogens (primary N) is 1. The Hall–Kier alpha value is -2.56. The minimum Gasteiger partial charge on any atom is -0.480 e. The van der Waals surface area contributed by atoms with E-state index in [1.807, 2.05) is 0 Å². The fraction of sp³-hybridized carbons (Fsp3) is 0.738. The Balaban J connectivity index is 4.44. The largest absolute Gasteiger partial charge is 0.480 e. The third kappa shape index (κ3) is 36.4. The molecular formula is C42H74NO10P. The molecule has 0 aromatic heterocycles. The topological polar surface area (TPSA) is 172 Å². The zero-order chi connectivity index (χ0) is 40.0. The first kappa shape index (κ1) is 51.4. The second kappa shape index (κ2) is 37.4. The van der Waals surface area contributed by atoms with E-state index in [1.54, 1.807) is 0 Å². The molecule has 11 nitrogen and oxygen atoms in total. The molecule has 0 saturated carbocycles. The van der Waals surface area contributed by atoms with Crippen molar-refractivity contribution in [1.82, 2.24) is 0 Å². The molecule has 54 heavy (non-hydrogen) atoms. The first-order valence-electron chi connectivity index (χ1n) is 20.7. The average molecular weight is 784 g/mol. The molecule has 312 valence electrons. The molecule has 0 aliphatic heterocycles. The molecule has 0 aromatic carbocycles. The van der Waals surface area contributed by atoms with Gasteiger partial charge in [0.2, 0.25) is 0 Å². The summed E-state index contributed by atoms with van der Waals surface area (Å²) in [5.41, 5.74) is 5.32. The molecule has 3 unspecified atom stereocenters. The van der Waals surface area contributed by atoms with Gasteiger partial charge in [-0.3, -0.25) is 23.4 Å². The number of esters is 2. The maximum absolute atomic E-state index is 12.6. The number of unbranched alkanes of at least 4 members (excludes halogenated alkanes) is 16. The van der Waals surface area contributed by atoms with Gasteiger partial charge in [0.15, 0.2) is 6.10 Å². The summed E-state index contributed by atoms with van der Waals surface area (Å²) in [6.07, 6.45) is 40.3. The lowest BCUT2D eigenvalue weighted by atomic mass is 10.1. The van der Waals surface area contributed by atoms with Gasteiger partial charge in [0.25, 0.3) is 0 Å². The molecule has 12 heteroatoms. The molecular weight excluding hydrogens is 709 g/mol. The van der Waals surface area contributed by atoms with Crippen LogP contribution in [0.2, 0.25) is 0 Å². The summed E-state index contributed by atoms with van der Waals surface area (Å²) in [6, 6.07) is -1.53. The molecule has 0 aliphatic carbocycles. The zero-order valence-corrected chi connectivity index (χ0v) is 34.4. The van der Waals surface area contributed by atoms with Gasteiger partial charge in [0, 0.05) is 12.8 Å². The van der Waals surface area contributed by atoms with Crippen LogP contribution >= 0.6 is 7.82 Å². The van der Waals surface area contributed by atoms with Crippen molar-refractivity contribution in [3.63, 3.8) is 0 Å². The highest BCUT2D eigenvalue weighted by Crippen LogP contribution is 2.43. The Morgan fingerprint density at radius 1 is 0.593 bits per heavy atom. The molecule has 4 N–H and O–H groups in total. The van der Waals surface area contributed by atoms with Crippen LogP contribution in [-0.4, -0.2) is 59.9 Å². The van der Waals surface area contributed by atoms with Crippen molar-refractivity contribution in [3.05, 3.63) is 48.6 Å². The number of hydrogen-bond acceptors (Lipinski definition) is 9.